The number of nitrogens with one attached hydrogen (secondary N) is 1. The van der Waals surface area contributed by atoms with Crippen LogP contribution in [0.4, 0.5) is 0 Å². The molecule has 1 aliphatic heterocycles. The van der Waals surface area contributed by atoms with E-state index in [4.69, 9.17) is 0 Å². The molecule has 4 rings (SSSR count). The van der Waals surface area contributed by atoms with Gasteiger partial charge in [-0.3, -0.25) is 14.3 Å². The second-order valence-electron chi connectivity index (χ2n) is 6.07. The molecule has 1 fully saturated rings. The molecule has 5 heteroatoms. The molecule has 1 atom stereocenters. The number of para-hydroxylation sites is 1. The van der Waals surface area contributed by atoms with Crippen LogP contribution in [0.15, 0.2) is 35.4 Å². The van der Waals surface area contributed by atoms with Gasteiger partial charge < -0.3 is 4.98 Å². The maximum absolute atomic E-state index is 12.7. The Bertz CT molecular complexity index is 879. The molecule has 0 amide bonds. The van der Waals surface area contributed by atoms with Crippen molar-refractivity contribution in [1.82, 2.24) is 19.4 Å². The Morgan fingerprint density at radius 2 is 2.23 bits per heavy atom. The van der Waals surface area contributed by atoms with Crippen molar-refractivity contribution in [2.24, 2.45) is 0 Å². The van der Waals surface area contributed by atoms with Crippen LogP contribution in [-0.4, -0.2) is 32.0 Å². The van der Waals surface area contributed by atoms with E-state index in [1.54, 1.807) is 10.9 Å². The summed E-state index contributed by atoms with van der Waals surface area (Å²) < 4.78 is 1.73. The van der Waals surface area contributed by atoms with Crippen molar-refractivity contribution in [1.29, 1.82) is 0 Å². The van der Waals surface area contributed by atoms with Crippen molar-refractivity contribution in [2.75, 3.05) is 6.54 Å². The van der Waals surface area contributed by atoms with Crippen LogP contribution in [0.2, 0.25) is 0 Å². The number of rotatable bonds is 3. The predicted octanol–water partition coefficient (Wildman–Crippen LogP) is 2.71. The molecule has 0 saturated carbocycles. The van der Waals surface area contributed by atoms with Gasteiger partial charge in [-0.1, -0.05) is 25.1 Å². The van der Waals surface area contributed by atoms with E-state index in [1.807, 2.05) is 24.3 Å². The van der Waals surface area contributed by atoms with Crippen LogP contribution in [0.3, 0.4) is 0 Å². The van der Waals surface area contributed by atoms with Gasteiger partial charge in [-0.15, -0.1) is 0 Å². The summed E-state index contributed by atoms with van der Waals surface area (Å²) in [6.45, 7) is 3.91. The van der Waals surface area contributed by atoms with Crippen molar-refractivity contribution in [3.8, 4) is 0 Å². The van der Waals surface area contributed by atoms with E-state index in [0.717, 1.165) is 29.4 Å². The zero-order chi connectivity index (χ0) is 15.1. The van der Waals surface area contributed by atoms with Gasteiger partial charge in [0.15, 0.2) is 0 Å². The van der Waals surface area contributed by atoms with Crippen LogP contribution in [-0.2, 0) is 6.67 Å². The van der Waals surface area contributed by atoms with Crippen molar-refractivity contribution < 1.29 is 0 Å². The maximum atomic E-state index is 12.7. The lowest BCUT2D eigenvalue weighted by Crippen LogP contribution is -2.35. The molecule has 0 spiro atoms. The topological polar surface area (TPSA) is 53.9 Å². The predicted molar refractivity (Wildman–Crippen MR) is 87.9 cm³/mol. The van der Waals surface area contributed by atoms with Gasteiger partial charge in [0.05, 0.1) is 13.0 Å². The minimum Gasteiger partial charge on any atom is -0.349 e. The van der Waals surface area contributed by atoms with Crippen LogP contribution < -0.4 is 5.56 Å². The smallest absolute Gasteiger partial charge is 0.278 e. The Balaban J connectivity index is 1.78. The molecular formula is C17H20N4O. The lowest BCUT2D eigenvalue weighted by atomic mass is 10.2. The van der Waals surface area contributed by atoms with E-state index in [0.29, 0.717) is 18.2 Å². The van der Waals surface area contributed by atoms with E-state index in [9.17, 15) is 4.79 Å². The molecule has 1 aromatic carbocycles. The van der Waals surface area contributed by atoms with Crippen molar-refractivity contribution >= 4 is 21.9 Å². The van der Waals surface area contributed by atoms with Gasteiger partial charge in [0.2, 0.25) is 0 Å². The summed E-state index contributed by atoms with van der Waals surface area (Å²) in [5.41, 5.74) is 2.36. The zero-order valence-electron chi connectivity index (χ0n) is 12.7. The Kier molecular flexibility index (Phi) is 3.22. The first kappa shape index (κ1) is 13.5. The minimum absolute atomic E-state index is 0.0166. The first-order valence-corrected chi connectivity index (χ1v) is 7.98. The zero-order valence-corrected chi connectivity index (χ0v) is 12.7. The number of nitrogens with zero attached hydrogens (tertiary/aromatic N) is 3. The lowest BCUT2D eigenvalue weighted by molar-refractivity contribution is 0.193. The molecule has 22 heavy (non-hydrogen) atoms. The summed E-state index contributed by atoms with van der Waals surface area (Å²) >= 11 is 0. The van der Waals surface area contributed by atoms with Gasteiger partial charge in [0.25, 0.3) is 5.56 Å². The van der Waals surface area contributed by atoms with E-state index in [-0.39, 0.29) is 5.56 Å². The summed E-state index contributed by atoms with van der Waals surface area (Å²) in [4.78, 5) is 22.9. The summed E-state index contributed by atoms with van der Waals surface area (Å²) in [5, 5.41) is 1.01. The van der Waals surface area contributed by atoms with Gasteiger partial charge in [-0.2, -0.15) is 0 Å². The Labute approximate surface area is 128 Å². The average molecular weight is 296 g/mol. The summed E-state index contributed by atoms with van der Waals surface area (Å²) in [6, 6.07) is 8.50. The van der Waals surface area contributed by atoms with Gasteiger partial charge in [0.1, 0.15) is 11.0 Å². The van der Waals surface area contributed by atoms with Gasteiger partial charge >= 0.3 is 0 Å². The second-order valence-corrected chi connectivity index (χ2v) is 6.07. The fourth-order valence-electron chi connectivity index (χ4n) is 3.58. The number of hydrogen-bond donors (Lipinski definition) is 1. The largest absolute Gasteiger partial charge is 0.349 e. The Hall–Kier alpha value is -2.14. The molecule has 1 unspecified atom stereocenters. The highest BCUT2D eigenvalue weighted by molar-refractivity contribution is 6.04. The number of hydrogen-bond acceptors (Lipinski definition) is 3. The monoisotopic (exact) mass is 296 g/mol. The highest BCUT2D eigenvalue weighted by Gasteiger charge is 2.23. The average Bonchev–Trinajstić information content (AvgIpc) is 3.14. The molecule has 0 aliphatic carbocycles. The molecule has 3 heterocycles. The van der Waals surface area contributed by atoms with E-state index in [2.05, 4.69) is 21.8 Å². The third-order valence-corrected chi connectivity index (χ3v) is 4.78. The number of aromatic amines is 1. The van der Waals surface area contributed by atoms with Crippen molar-refractivity contribution in [3.63, 3.8) is 0 Å². The van der Waals surface area contributed by atoms with Crippen LogP contribution in [0.5, 0.6) is 0 Å². The van der Waals surface area contributed by atoms with Crippen molar-refractivity contribution in [3.05, 3.63) is 40.9 Å². The fraction of sp³-hybridized carbons (Fsp3) is 0.412. The third kappa shape index (κ3) is 2.04. The van der Waals surface area contributed by atoms with Crippen LogP contribution in [0.1, 0.15) is 26.2 Å². The molecular weight excluding hydrogens is 276 g/mol. The molecule has 0 bridgehead atoms. The van der Waals surface area contributed by atoms with E-state index >= 15 is 0 Å². The molecule has 0 radical (unpaired) electrons. The highest BCUT2D eigenvalue weighted by atomic mass is 16.1. The number of likely N-dealkylation sites (tertiary alicyclic amines) is 1. The normalized spacial score (nSPS) is 19.4. The number of fused-ring (bicyclic) bond motifs is 3. The lowest BCUT2D eigenvalue weighted by Gasteiger charge is -2.23. The minimum atomic E-state index is 0.0166. The highest BCUT2D eigenvalue weighted by Crippen LogP contribution is 2.22. The molecule has 2 aromatic heterocycles. The van der Waals surface area contributed by atoms with Gasteiger partial charge in [-0.25, -0.2) is 4.98 Å². The molecule has 5 nitrogen and oxygen atoms in total. The van der Waals surface area contributed by atoms with E-state index in [1.165, 1.54) is 12.8 Å². The first-order valence-electron chi connectivity index (χ1n) is 7.98. The van der Waals surface area contributed by atoms with E-state index < -0.39 is 0 Å². The number of aromatic nitrogens is 3. The Morgan fingerprint density at radius 3 is 3.09 bits per heavy atom. The number of benzene rings is 1. The van der Waals surface area contributed by atoms with Crippen LogP contribution >= 0.6 is 0 Å². The van der Waals surface area contributed by atoms with Gasteiger partial charge in [-0.05, 0) is 25.3 Å². The summed E-state index contributed by atoms with van der Waals surface area (Å²) in [7, 11) is 0. The molecule has 1 N–H and O–H groups in total. The second kappa shape index (κ2) is 5.25. The third-order valence-electron chi connectivity index (χ3n) is 4.78. The van der Waals surface area contributed by atoms with Crippen LogP contribution in [0, 0.1) is 0 Å². The molecule has 114 valence electrons. The SMILES string of the molecule is CCC1CCCN1Cn1cnc2c([nH]c3ccccc32)c1=O. The summed E-state index contributed by atoms with van der Waals surface area (Å²) in [5.74, 6) is 0. The first-order chi connectivity index (χ1) is 10.8. The molecule has 1 aliphatic rings. The van der Waals surface area contributed by atoms with Gasteiger partial charge in [0, 0.05) is 23.5 Å². The number of H-pyrrole nitrogens is 1. The molecule has 3 aromatic rings. The van der Waals surface area contributed by atoms with Crippen molar-refractivity contribution in [2.45, 2.75) is 38.9 Å². The summed E-state index contributed by atoms with van der Waals surface area (Å²) in [6.07, 6.45) is 5.27. The quantitative estimate of drug-likeness (QED) is 0.808. The standard InChI is InChI=1S/C17H20N4O/c1-2-12-6-5-9-20(12)11-21-10-18-15-13-7-3-4-8-14(13)19-16(15)17(21)22/h3-4,7-8,10,12,19H,2,5-6,9,11H2,1H3. The Morgan fingerprint density at radius 1 is 1.36 bits per heavy atom. The van der Waals surface area contributed by atoms with Crippen LogP contribution in [0.25, 0.3) is 21.9 Å². The molecule has 1 saturated heterocycles. The fourth-order valence-corrected chi connectivity index (χ4v) is 3.58. The maximum Gasteiger partial charge on any atom is 0.278 e.